The first-order valence-electron chi connectivity index (χ1n) is 7.10. The molecule has 6 heteroatoms. The molecule has 2 aromatic rings. The monoisotopic (exact) mass is 335 g/mol. The number of carbonyl (C=O) groups excluding carboxylic acids is 1. The van der Waals surface area contributed by atoms with E-state index in [0.29, 0.717) is 12.1 Å². The molecule has 0 radical (unpaired) electrons. The van der Waals surface area contributed by atoms with Gasteiger partial charge in [-0.2, -0.15) is 4.31 Å². The van der Waals surface area contributed by atoms with E-state index in [4.69, 9.17) is 0 Å². The minimum atomic E-state index is -3.55. The van der Waals surface area contributed by atoms with Crippen LogP contribution in [0.5, 0.6) is 0 Å². The van der Waals surface area contributed by atoms with E-state index in [9.17, 15) is 13.2 Å². The third-order valence-electron chi connectivity index (χ3n) is 4.09. The van der Waals surface area contributed by atoms with Gasteiger partial charge >= 0.3 is 0 Å². The zero-order chi connectivity index (χ0) is 15.9. The Kier molecular flexibility index (Phi) is 3.92. The van der Waals surface area contributed by atoms with Crippen molar-refractivity contribution in [2.45, 2.75) is 31.2 Å². The molecule has 3 rings (SSSR count). The first kappa shape index (κ1) is 15.4. The van der Waals surface area contributed by atoms with Gasteiger partial charge in [0.25, 0.3) is 0 Å². The lowest BCUT2D eigenvalue weighted by atomic mass is 10.0. The number of ketones is 1. The topological polar surface area (TPSA) is 54.5 Å². The normalized spacial score (nSPS) is 18.9. The summed E-state index contributed by atoms with van der Waals surface area (Å²) in [5, 5.41) is 2.01. The highest BCUT2D eigenvalue weighted by Gasteiger charge is 2.34. The maximum atomic E-state index is 12.9. The summed E-state index contributed by atoms with van der Waals surface area (Å²) in [5.41, 5.74) is 1.62. The fourth-order valence-electron chi connectivity index (χ4n) is 2.81. The molecule has 1 aromatic heterocycles. The summed E-state index contributed by atoms with van der Waals surface area (Å²) in [5.74, 6) is -0.0711. The summed E-state index contributed by atoms with van der Waals surface area (Å²) in [7, 11) is -3.55. The molecule has 116 valence electrons. The first-order chi connectivity index (χ1) is 10.4. The van der Waals surface area contributed by atoms with Gasteiger partial charge in [-0.1, -0.05) is 12.1 Å². The van der Waals surface area contributed by atoms with Gasteiger partial charge in [0.1, 0.15) is 0 Å². The molecule has 1 aliphatic rings. The molecule has 4 nitrogen and oxygen atoms in total. The smallest absolute Gasteiger partial charge is 0.243 e. The Labute approximate surface area is 134 Å². The van der Waals surface area contributed by atoms with Gasteiger partial charge < -0.3 is 0 Å². The van der Waals surface area contributed by atoms with Crippen LogP contribution in [0.15, 0.2) is 40.6 Å². The van der Waals surface area contributed by atoms with Gasteiger partial charge in [0.05, 0.1) is 4.90 Å². The molecule has 0 saturated heterocycles. The van der Waals surface area contributed by atoms with Crippen LogP contribution in [0.4, 0.5) is 0 Å². The number of thiophene rings is 1. The van der Waals surface area contributed by atoms with Crippen molar-refractivity contribution < 1.29 is 13.2 Å². The predicted molar refractivity (Wildman–Crippen MR) is 86.8 cm³/mol. The van der Waals surface area contributed by atoms with Crippen LogP contribution in [0.1, 0.15) is 40.7 Å². The van der Waals surface area contributed by atoms with Gasteiger partial charge in [-0.3, -0.25) is 4.79 Å². The first-order valence-corrected chi connectivity index (χ1v) is 9.42. The molecule has 0 N–H and O–H groups in total. The number of Topliss-reactive ketones (excluding diaryl/α,β-unsaturated/α-hetero) is 1. The van der Waals surface area contributed by atoms with Crippen LogP contribution >= 0.6 is 11.3 Å². The SMILES string of the molecule is CC(=O)c1ccc(S(=O)(=O)N2CCc3sccc3[C@@H]2C)cc1. The van der Waals surface area contributed by atoms with E-state index in [-0.39, 0.29) is 16.7 Å². The number of nitrogens with zero attached hydrogens (tertiary/aromatic N) is 1. The highest BCUT2D eigenvalue weighted by Crippen LogP contribution is 2.36. The van der Waals surface area contributed by atoms with Gasteiger partial charge in [-0.15, -0.1) is 11.3 Å². The second-order valence-corrected chi connectivity index (χ2v) is 8.31. The standard InChI is InChI=1S/C16H17NO3S2/c1-11-15-8-10-21-16(15)7-9-17(11)22(19,20)14-5-3-13(4-6-14)12(2)18/h3-6,8,10-11H,7,9H2,1-2H3/t11-/m0/s1. The maximum Gasteiger partial charge on any atom is 0.243 e. The Bertz CT molecular complexity index is 806. The summed E-state index contributed by atoms with van der Waals surface area (Å²) < 4.78 is 27.3. The molecule has 0 bridgehead atoms. The van der Waals surface area contributed by atoms with Gasteiger partial charge in [0.15, 0.2) is 5.78 Å². The lowest BCUT2D eigenvalue weighted by Gasteiger charge is -2.32. The van der Waals surface area contributed by atoms with Crippen molar-refractivity contribution in [1.82, 2.24) is 4.31 Å². The lowest BCUT2D eigenvalue weighted by Crippen LogP contribution is -2.38. The number of hydrogen-bond donors (Lipinski definition) is 0. The molecule has 0 amide bonds. The number of sulfonamides is 1. The Morgan fingerprint density at radius 1 is 1.23 bits per heavy atom. The zero-order valence-electron chi connectivity index (χ0n) is 12.4. The van der Waals surface area contributed by atoms with E-state index in [1.54, 1.807) is 27.8 Å². The molecular formula is C16H17NO3S2. The summed E-state index contributed by atoms with van der Waals surface area (Å²) in [6.45, 7) is 3.88. The summed E-state index contributed by atoms with van der Waals surface area (Å²) in [6, 6.07) is 8.02. The average molecular weight is 335 g/mol. The quantitative estimate of drug-likeness (QED) is 0.809. The third-order valence-corrected chi connectivity index (χ3v) is 7.07. The highest BCUT2D eigenvalue weighted by atomic mass is 32.2. The molecule has 0 spiro atoms. The molecular weight excluding hydrogens is 318 g/mol. The van der Waals surface area contributed by atoms with Crippen LogP contribution in [-0.2, 0) is 16.4 Å². The van der Waals surface area contributed by atoms with Crippen molar-refractivity contribution in [1.29, 1.82) is 0 Å². The summed E-state index contributed by atoms with van der Waals surface area (Å²) in [4.78, 5) is 12.8. The van der Waals surface area contributed by atoms with Crippen LogP contribution in [0, 0.1) is 0 Å². The molecule has 0 fully saturated rings. The fraction of sp³-hybridized carbons (Fsp3) is 0.312. The van der Waals surface area contributed by atoms with E-state index in [0.717, 1.165) is 12.0 Å². The van der Waals surface area contributed by atoms with Crippen LogP contribution in [0.3, 0.4) is 0 Å². The van der Waals surface area contributed by atoms with E-state index < -0.39 is 10.0 Å². The van der Waals surface area contributed by atoms with Crippen molar-refractivity contribution in [3.63, 3.8) is 0 Å². The van der Waals surface area contributed by atoms with Crippen molar-refractivity contribution in [2.75, 3.05) is 6.54 Å². The van der Waals surface area contributed by atoms with E-state index in [1.807, 2.05) is 18.4 Å². The maximum absolute atomic E-state index is 12.9. The Hall–Kier alpha value is -1.50. The molecule has 22 heavy (non-hydrogen) atoms. The second kappa shape index (κ2) is 5.61. The Morgan fingerprint density at radius 3 is 2.55 bits per heavy atom. The van der Waals surface area contributed by atoms with E-state index >= 15 is 0 Å². The number of rotatable bonds is 3. The minimum Gasteiger partial charge on any atom is -0.295 e. The minimum absolute atomic E-state index is 0.0711. The second-order valence-electron chi connectivity index (χ2n) is 5.42. The van der Waals surface area contributed by atoms with Crippen molar-refractivity contribution in [3.8, 4) is 0 Å². The van der Waals surface area contributed by atoms with Gasteiger partial charge in [0, 0.05) is 23.0 Å². The summed E-state index contributed by atoms with van der Waals surface area (Å²) in [6.07, 6.45) is 0.752. The number of fused-ring (bicyclic) bond motifs is 1. The summed E-state index contributed by atoms with van der Waals surface area (Å²) >= 11 is 1.68. The zero-order valence-corrected chi connectivity index (χ0v) is 14.1. The lowest BCUT2D eigenvalue weighted by molar-refractivity contribution is 0.101. The van der Waals surface area contributed by atoms with Crippen LogP contribution in [-0.4, -0.2) is 25.1 Å². The average Bonchev–Trinajstić information content (AvgIpc) is 2.97. The molecule has 0 aliphatic carbocycles. The van der Waals surface area contributed by atoms with Crippen molar-refractivity contribution in [2.24, 2.45) is 0 Å². The fourth-order valence-corrected chi connectivity index (χ4v) is 5.39. The molecule has 1 aromatic carbocycles. The van der Waals surface area contributed by atoms with Crippen LogP contribution in [0.2, 0.25) is 0 Å². The molecule has 2 heterocycles. The van der Waals surface area contributed by atoms with Crippen molar-refractivity contribution >= 4 is 27.1 Å². The number of carbonyl (C=O) groups is 1. The van der Waals surface area contributed by atoms with E-state index in [2.05, 4.69) is 0 Å². The van der Waals surface area contributed by atoms with E-state index in [1.165, 1.54) is 23.9 Å². The molecule has 1 atom stereocenters. The number of benzene rings is 1. The van der Waals surface area contributed by atoms with Gasteiger partial charge in [0.2, 0.25) is 10.0 Å². The molecule has 0 unspecified atom stereocenters. The largest absolute Gasteiger partial charge is 0.295 e. The Morgan fingerprint density at radius 2 is 1.91 bits per heavy atom. The predicted octanol–water partition coefficient (Wildman–Crippen LogP) is 3.26. The number of hydrogen-bond acceptors (Lipinski definition) is 4. The van der Waals surface area contributed by atoms with Gasteiger partial charge in [-0.25, -0.2) is 8.42 Å². The van der Waals surface area contributed by atoms with Gasteiger partial charge in [-0.05, 0) is 49.4 Å². The van der Waals surface area contributed by atoms with Crippen molar-refractivity contribution in [3.05, 3.63) is 51.7 Å². The Balaban J connectivity index is 1.95. The third kappa shape index (κ3) is 2.51. The highest BCUT2D eigenvalue weighted by molar-refractivity contribution is 7.89. The van der Waals surface area contributed by atoms with Crippen LogP contribution < -0.4 is 0 Å². The van der Waals surface area contributed by atoms with Crippen LogP contribution in [0.25, 0.3) is 0 Å². The molecule has 0 saturated carbocycles. The molecule has 1 aliphatic heterocycles.